The predicted molar refractivity (Wildman–Crippen MR) is 69.2 cm³/mol. The van der Waals surface area contributed by atoms with Crippen molar-refractivity contribution >= 4 is 5.97 Å². The van der Waals surface area contributed by atoms with E-state index in [1.807, 2.05) is 6.92 Å². The van der Waals surface area contributed by atoms with Gasteiger partial charge in [0.1, 0.15) is 5.82 Å². The van der Waals surface area contributed by atoms with Crippen LogP contribution in [0.4, 0.5) is 4.39 Å². The van der Waals surface area contributed by atoms with Crippen LogP contribution in [0.1, 0.15) is 43.1 Å². The molecule has 0 spiro atoms. The summed E-state index contributed by atoms with van der Waals surface area (Å²) in [6.45, 7) is 7.59. The molecule has 18 heavy (non-hydrogen) atoms. The predicted octanol–water partition coefficient (Wildman–Crippen LogP) is 3.14. The molecule has 0 saturated carbocycles. The zero-order valence-electron chi connectivity index (χ0n) is 11.1. The van der Waals surface area contributed by atoms with Gasteiger partial charge in [-0.25, -0.2) is 9.18 Å². The Kier molecular flexibility index (Phi) is 5.28. The molecule has 0 amide bonds. The van der Waals surface area contributed by atoms with Crippen molar-refractivity contribution in [3.8, 4) is 0 Å². The molecule has 0 aromatic heterocycles. The van der Waals surface area contributed by atoms with E-state index in [-0.39, 0.29) is 5.56 Å². The van der Waals surface area contributed by atoms with E-state index in [4.69, 9.17) is 5.11 Å². The summed E-state index contributed by atoms with van der Waals surface area (Å²) in [7, 11) is 0. The largest absolute Gasteiger partial charge is 0.478 e. The highest BCUT2D eigenvalue weighted by Crippen LogP contribution is 2.15. The lowest BCUT2D eigenvalue weighted by atomic mass is 10.1. The molecule has 0 aliphatic carbocycles. The van der Waals surface area contributed by atoms with E-state index in [2.05, 4.69) is 18.7 Å². The fourth-order valence-electron chi connectivity index (χ4n) is 1.86. The van der Waals surface area contributed by atoms with E-state index >= 15 is 0 Å². The molecule has 1 aromatic carbocycles. The zero-order chi connectivity index (χ0) is 13.7. The van der Waals surface area contributed by atoms with Gasteiger partial charge < -0.3 is 5.11 Å². The minimum Gasteiger partial charge on any atom is -0.478 e. The van der Waals surface area contributed by atoms with Crippen LogP contribution < -0.4 is 0 Å². The van der Waals surface area contributed by atoms with Crippen LogP contribution in [0.5, 0.6) is 0 Å². The second-order valence-electron chi connectivity index (χ2n) is 4.43. The van der Waals surface area contributed by atoms with Gasteiger partial charge in [0.2, 0.25) is 0 Å². The van der Waals surface area contributed by atoms with Gasteiger partial charge in [-0.05, 0) is 32.0 Å². The molecule has 0 aliphatic heterocycles. The maximum Gasteiger partial charge on any atom is 0.335 e. The Morgan fingerprint density at radius 2 is 2.11 bits per heavy atom. The standard InChI is InChI=1S/C14H20FNO2/c1-4-10(3)16(5-2)9-12-7-6-11(14(17)18)8-13(12)15/h6-8,10H,4-5,9H2,1-3H3,(H,17,18). The first kappa shape index (κ1) is 14.6. The Morgan fingerprint density at radius 3 is 2.56 bits per heavy atom. The van der Waals surface area contributed by atoms with Crippen LogP contribution >= 0.6 is 0 Å². The maximum atomic E-state index is 13.8. The molecule has 0 heterocycles. The zero-order valence-corrected chi connectivity index (χ0v) is 11.1. The first-order valence-electron chi connectivity index (χ1n) is 6.25. The highest BCUT2D eigenvalue weighted by atomic mass is 19.1. The third-order valence-electron chi connectivity index (χ3n) is 3.29. The number of carboxylic acids is 1. The van der Waals surface area contributed by atoms with E-state index in [0.29, 0.717) is 18.2 Å². The van der Waals surface area contributed by atoms with Crippen molar-refractivity contribution in [2.45, 2.75) is 39.8 Å². The van der Waals surface area contributed by atoms with E-state index in [0.717, 1.165) is 19.0 Å². The number of hydrogen-bond acceptors (Lipinski definition) is 2. The Bertz CT molecular complexity index is 420. The number of benzene rings is 1. The van der Waals surface area contributed by atoms with E-state index in [1.165, 1.54) is 6.07 Å². The molecule has 0 saturated heterocycles. The van der Waals surface area contributed by atoms with Crippen molar-refractivity contribution in [3.05, 3.63) is 35.1 Å². The van der Waals surface area contributed by atoms with Gasteiger partial charge in [0.05, 0.1) is 5.56 Å². The van der Waals surface area contributed by atoms with Crippen molar-refractivity contribution in [3.63, 3.8) is 0 Å². The fraction of sp³-hybridized carbons (Fsp3) is 0.500. The van der Waals surface area contributed by atoms with Crippen LogP contribution in [0, 0.1) is 5.82 Å². The summed E-state index contributed by atoms with van der Waals surface area (Å²) >= 11 is 0. The maximum absolute atomic E-state index is 13.8. The second-order valence-corrected chi connectivity index (χ2v) is 4.43. The SMILES string of the molecule is CCC(C)N(CC)Cc1ccc(C(=O)O)cc1F. The third-order valence-corrected chi connectivity index (χ3v) is 3.29. The van der Waals surface area contributed by atoms with Crippen molar-refractivity contribution in [2.75, 3.05) is 6.54 Å². The number of nitrogens with zero attached hydrogens (tertiary/aromatic N) is 1. The Morgan fingerprint density at radius 1 is 1.44 bits per heavy atom. The molecule has 0 bridgehead atoms. The minimum atomic E-state index is -1.10. The molecule has 1 aromatic rings. The lowest BCUT2D eigenvalue weighted by molar-refractivity contribution is 0.0696. The summed E-state index contributed by atoms with van der Waals surface area (Å²) < 4.78 is 13.8. The number of hydrogen-bond donors (Lipinski definition) is 1. The monoisotopic (exact) mass is 253 g/mol. The van der Waals surface area contributed by atoms with Crippen LogP contribution in [-0.2, 0) is 6.54 Å². The van der Waals surface area contributed by atoms with Gasteiger partial charge in [0.25, 0.3) is 0 Å². The van der Waals surface area contributed by atoms with Gasteiger partial charge in [-0.2, -0.15) is 0 Å². The van der Waals surface area contributed by atoms with Crippen LogP contribution in [0.2, 0.25) is 0 Å². The summed E-state index contributed by atoms with van der Waals surface area (Å²) in [6, 6.07) is 4.48. The van der Waals surface area contributed by atoms with E-state index < -0.39 is 11.8 Å². The molecule has 0 fully saturated rings. The topological polar surface area (TPSA) is 40.5 Å². The Labute approximate surface area is 107 Å². The van der Waals surface area contributed by atoms with Gasteiger partial charge in [-0.3, -0.25) is 4.90 Å². The number of carboxylic acid groups (broad SMARTS) is 1. The van der Waals surface area contributed by atoms with Gasteiger partial charge in [-0.15, -0.1) is 0 Å². The molecule has 0 aliphatic rings. The quantitative estimate of drug-likeness (QED) is 0.846. The Hall–Kier alpha value is -1.42. The van der Waals surface area contributed by atoms with Crippen molar-refractivity contribution in [1.82, 2.24) is 4.90 Å². The summed E-state index contributed by atoms with van der Waals surface area (Å²) in [5.41, 5.74) is 0.532. The average molecular weight is 253 g/mol. The normalized spacial score (nSPS) is 12.7. The molecule has 1 atom stereocenters. The number of halogens is 1. The van der Waals surface area contributed by atoms with Crippen LogP contribution in [0.3, 0.4) is 0 Å². The fourth-order valence-corrected chi connectivity index (χ4v) is 1.86. The molecule has 1 rings (SSSR count). The minimum absolute atomic E-state index is 0.0113. The van der Waals surface area contributed by atoms with E-state index in [1.54, 1.807) is 6.07 Å². The van der Waals surface area contributed by atoms with Crippen molar-refractivity contribution < 1.29 is 14.3 Å². The smallest absolute Gasteiger partial charge is 0.335 e. The first-order chi connectivity index (χ1) is 8.49. The highest BCUT2D eigenvalue weighted by Gasteiger charge is 2.14. The first-order valence-corrected chi connectivity index (χ1v) is 6.25. The van der Waals surface area contributed by atoms with Gasteiger partial charge in [0.15, 0.2) is 0 Å². The van der Waals surface area contributed by atoms with Gasteiger partial charge in [-0.1, -0.05) is 19.9 Å². The third kappa shape index (κ3) is 3.53. The number of rotatable bonds is 6. The molecule has 0 radical (unpaired) electrons. The molecule has 100 valence electrons. The molecule has 1 N–H and O–H groups in total. The van der Waals surface area contributed by atoms with Crippen LogP contribution in [0.15, 0.2) is 18.2 Å². The van der Waals surface area contributed by atoms with E-state index in [9.17, 15) is 9.18 Å². The molecule has 1 unspecified atom stereocenters. The summed E-state index contributed by atoms with van der Waals surface area (Å²) in [5.74, 6) is -1.55. The molecule has 3 nitrogen and oxygen atoms in total. The van der Waals surface area contributed by atoms with Crippen LogP contribution in [0.25, 0.3) is 0 Å². The summed E-state index contributed by atoms with van der Waals surface area (Å²) in [6.07, 6.45) is 1.00. The van der Waals surface area contributed by atoms with Crippen LogP contribution in [-0.4, -0.2) is 28.6 Å². The number of aromatic carboxylic acids is 1. The molecule has 4 heteroatoms. The highest BCUT2D eigenvalue weighted by molar-refractivity contribution is 5.87. The van der Waals surface area contributed by atoms with Gasteiger partial charge >= 0.3 is 5.97 Å². The lowest BCUT2D eigenvalue weighted by Gasteiger charge is -2.27. The average Bonchev–Trinajstić information content (AvgIpc) is 2.36. The molecular weight excluding hydrogens is 233 g/mol. The summed E-state index contributed by atoms with van der Waals surface area (Å²) in [5, 5.41) is 8.78. The second kappa shape index (κ2) is 6.50. The van der Waals surface area contributed by atoms with Crippen molar-refractivity contribution in [1.29, 1.82) is 0 Å². The Balaban J connectivity index is 2.87. The lowest BCUT2D eigenvalue weighted by Crippen LogP contribution is -2.32. The van der Waals surface area contributed by atoms with Crippen molar-refractivity contribution in [2.24, 2.45) is 0 Å². The molecular formula is C14H20FNO2. The number of carbonyl (C=O) groups is 1. The summed E-state index contributed by atoms with van der Waals surface area (Å²) in [4.78, 5) is 12.9. The van der Waals surface area contributed by atoms with Gasteiger partial charge in [0, 0.05) is 18.2 Å².